The molecule has 4 heteroatoms. The third-order valence-electron chi connectivity index (χ3n) is 3.66. The second-order valence-corrected chi connectivity index (χ2v) is 8.75. The van der Waals surface area contributed by atoms with Crippen molar-refractivity contribution in [3.05, 3.63) is 0 Å². The van der Waals surface area contributed by atoms with E-state index in [1.807, 2.05) is 11.8 Å². The van der Waals surface area contributed by atoms with Crippen LogP contribution in [0.4, 0.5) is 0 Å². The molecule has 0 aromatic carbocycles. The summed E-state index contributed by atoms with van der Waals surface area (Å²) in [4.78, 5) is 4.98. The number of thioether (sulfide) groups is 1. The SMILES string of the molecule is CC(C)(C)CC(C)(C)NC1=NC2(CCOCC2)CS1. The van der Waals surface area contributed by atoms with Gasteiger partial charge >= 0.3 is 0 Å². The van der Waals surface area contributed by atoms with Crippen molar-refractivity contribution in [2.75, 3.05) is 19.0 Å². The highest BCUT2D eigenvalue weighted by molar-refractivity contribution is 8.14. The van der Waals surface area contributed by atoms with Gasteiger partial charge in [0.1, 0.15) is 0 Å². The van der Waals surface area contributed by atoms with E-state index in [0.29, 0.717) is 5.41 Å². The molecule has 2 aliphatic heterocycles. The number of ether oxygens (including phenoxy) is 1. The highest BCUT2D eigenvalue weighted by Gasteiger charge is 2.38. The van der Waals surface area contributed by atoms with Crippen molar-refractivity contribution in [3.63, 3.8) is 0 Å². The number of hydrogen-bond acceptors (Lipinski definition) is 4. The molecular weight excluding hydrogens is 256 g/mol. The van der Waals surface area contributed by atoms with Gasteiger partial charge in [-0.15, -0.1) is 0 Å². The van der Waals surface area contributed by atoms with Crippen LogP contribution in [0.1, 0.15) is 53.9 Å². The standard InChI is InChI=1S/C15H28N2OS/c1-13(2,3)10-14(4,5)16-12-17-15(11-19-12)6-8-18-9-7-15/h6-11H2,1-5H3,(H,16,17). The van der Waals surface area contributed by atoms with Crippen molar-refractivity contribution < 1.29 is 4.74 Å². The molecule has 3 nitrogen and oxygen atoms in total. The third-order valence-corrected chi connectivity index (χ3v) is 4.81. The van der Waals surface area contributed by atoms with Crippen molar-refractivity contribution in [3.8, 4) is 0 Å². The maximum atomic E-state index is 5.46. The lowest BCUT2D eigenvalue weighted by molar-refractivity contribution is 0.0623. The molecule has 0 saturated carbocycles. The number of nitrogens with zero attached hydrogens (tertiary/aromatic N) is 1. The molecule has 19 heavy (non-hydrogen) atoms. The molecule has 2 heterocycles. The van der Waals surface area contributed by atoms with Gasteiger partial charge in [-0.05, 0) is 38.5 Å². The fourth-order valence-corrected chi connectivity index (χ4v) is 4.58. The van der Waals surface area contributed by atoms with Gasteiger partial charge in [0.05, 0.1) is 5.54 Å². The summed E-state index contributed by atoms with van der Waals surface area (Å²) in [6.07, 6.45) is 3.28. The highest BCUT2D eigenvalue weighted by atomic mass is 32.2. The van der Waals surface area contributed by atoms with Crippen molar-refractivity contribution in [1.82, 2.24) is 5.32 Å². The lowest BCUT2D eigenvalue weighted by Crippen LogP contribution is -2.44. The molecule has 2 rings (SSSR count). The van der Waals surface area contributed by atoms with E-state index in [1.54, 1.807) is 0 Å². The zero-order chi connectivity index (χ0) is 14.1. The minimum atomic E-state index is 0.0980. The average Bonchev–Trinajstić information content (AvgIpc) is 2.57. The molecular formula is C15H28N2OS. The van der Waals surface area contributed by atoms with Crippen LogP contribution in [0.15, 0.2) is 4.99 Å². The Morgan fingerprint density at radius 2 is 1.84 bits per heavy atom. The maximum absolute atomic E-state index is 5.46. The Morgan fingerprint density at radius 3 is 2.42 bits per heavy atom. The van der Waals surface area contributed by atoms with Crippen LogP contribution in [0, 0.1) is 5.41 Å². The molecule has 2 aliphatic rings. The highest BCUT2D eigenvalue weighted by Crippen LogP contribution is 2.36. The minimum absolute atomic E-state index is 0.0980. The van der Waals surface area contributed by atoms with Crippen molar-refractivity contribution in [1.29, 1.82) is 0 Å². The van der Waals surface area contributed by atoms with Crippen molar-refractivity contribution in [2.45, 2.75) is 65.0 Å². The third kappa shape index (κ3) is 4.38. The Hall–Kier alpha value is -0.220. The molecule has 0 aromatic heterocycles. The molecule has 1 spiro atoms. The monoisotopic (exact) mass is 284 g/mol. The van der Waals surface area contributed by atoms with Crippen LogP contribution in [0.2, 0.25) is 0 Å². The summed E-state index contributed by atoms with van der Waals surface area (Å²) in [7, 11) is 0. The van der Waals surface area contributed by atoms with Gasteiger partial charge in [-0.25, -0.2) is 0 Å². The van der Waals surface area contributed by atoms with Gasteiger partial charge in [0.25, 0.3) is 0 Å². The molecule has 0 aromatic rings. The zero-order valence-electron chi connectivity index (χ0n) is 13.0. The summed E-state index contributed by atoms with van der Waals surface area (Å²) in [5, 5.41) is 4.79. The van der Waals surface area contributed by atoms with E-state index in [9.17, 15) is 0 Å². The Labute approximate surface area is 122 Å². The molecule has 0 amide bonds. The fraction of sp³-hybridized carbons (Fsp3) is 0.933. The fourth-order valence-electron chi connectivity index (χ4n) is 3.21. The predicted octanol–water partition coefficient (Wildman–Crippen LogP) is 3.44. The van der Waals surface area contributed by atoms with Crippen LogP contribution in [0.5, 0.6) is 0 Å². The summed E-state index contributed by atoms with van der Waals surface area (Å²) in [6, 6.07) is 0. The number of hydrogen-bond donors (Lipinski definition) is 1. The number of rotatable bonds is 2. The summed E-state index contributed by atoms with van der Waals surface area (Å²) < 4.78 is 5.46. The molecule has 0 atom stereocenters. The predicted molar refractivity (Wildman–Crippen MR) is 84.0 cm³/mol. The lowest BCUT2D eigenvalue weighted by atomic mass is 9.82. The van der Waals surface area contributed by atoms with Crippen LogP contribution in [-0.4, -0.2) is 35.2 Å². The van der Waals surface area contributed by atoms with E-state index in [1.165, 1.54) is 0 Å². The van der Waals surface area contributed by atoms with E-state index in [-0.39, 0.29) is 11.1 Å². The Balaban J connectivity index is 1.98. The zero-order valence-corrected chi connectivity index (χ0v) is 13.8. The Kier molecular flexibility index (Phi) is 4.22. The van der Waals surface area contributed by atoms with E-state index in [0.717, 1.165) is 43.4 Å². The summed E-state index contributed by atoms with van der Waals surface area (Å²) in [6.45, 7) is 13.2. The van der Waals surface area contributed by atoms with E-state index < -0.39 is 0 Å². The molecule has 110 valence electrons. The van der Waals surface area contributed by atoms with Crippen LogP contribution in [-0.2, 0) is 4.74 Å². The first-order valence-corrected chi connectivity index (χ1v) is 8.27. The van der Waals surface area contributed by atoms with E-state index >= 15 is 0 Å². The van der Waals surface area contributed by atoms with Gasteiger partial charge in [-0.3, -0.25) is 4.99 Å². The topological polar surface area (TPSA) is 33.6 Å². The largest absolute Gasteiger partial charge is 0.381 e. The molecule has 1 saturated heterocycles. The molecule has 0 bridgehead atoms. The van der Waals surface area contributed by atoms with Gasteiger partial charge in [0, 0.05) is 24.5 Å². The van der Waals surface area contributed by atoms with Crippen molar-refractivity contribution in [2.24, 2.45) is 10.4 Å². The number of nitrogens with one attached hydrogen (secondary N) is 1. The first-order valence-electron chi connectivity index (χ1n) is 7.29. The molecule has 1 N–H and O–H groups in total. The average molecular weight is 284 g/mol. The summed E-state index contributed by atoms with van der Waals surface area (Å²) in [5.41, 5.74) is 0.584. The van der Waals surface area contributed by atoms with Crippen LogP contribution >= 0.6 is 11.8 Å². The Morgan fingerprint density at radius 1 is 1.21 bits per heavy atom. The maximum Gasteiger partial charge on any atom is 0.157 e. The molecule has 0 radical (unpaired) electrons. The van der Waals surface area contributed by atoms with Crippen LogP contribution in [0.25, 0.3) is 0 Å². The lowest BCUT2D eigenvalue weighted by Gasteiger charge is -2.34. The molecule has 1 fully saturated rings. The second kappa shape index (κ2) is 5.28. The van der Waals surface area contributed by atoms with Gasteiger partial charge in [-0.1, -0.05) is 32.5 Å². The number of aliphatic imine (C=N–C) groups is 1. The van der Waals surface area contributed by atoms with Gasteiger partial charge in [0.2, 0.25) is 0 Å². The Bertz CT molecular complexity index is 352. The van der Waals surface area contributed by atoms with Crippen LogP contribution in [0.3, 0.4) is 0 Å². The van der Waals surface area contributed by atoms with Gasteiger partial charge in [0.15, 0.2) is 5.17 Å². The van der Waals surface area contributed by atoms with Crippen LogP contribution < -0.4 is 5.32 Å². The summed E-state index contributed by atoms with van der Waals surface area (Å²) >= 11 is 1.88. The number of amidine groups is 1. The first kappa shape index (κ1) is 15.2. The quantitative estimate of drug-likeness (QED) is 0.843. The second-order valence-electron chi connectivity index (χ2n) is 7.79. The van der Waals surface area contributed by atoms with E-state index in [2.05, 4.69) is 39.9 Å². The van der Waals surface area contributed by atoms with E-state index in [4.69, 9.17) is 9.73 Å². The normalized spacial score (nSPS) is 23.5. The minimum Gasteiger partial charge on any atom is -0.381 e. The first-order chi connectivity index (χ1) is 8.70. The molecule has 0 unspecified atom stereocenters. The van der Waals surface area contributed by atoms with Gasteiger partial charge in [-0.2, -0.15) is 0 Å². The molecule has 0 aliphatic carbocycles. The van der Waals surface area contributed by atoms with Gasteiger partial charge < -0.3 is 10.1 Å². The van der Waals surface area contributed by atoms with Crippen molar-refractivity contribution >= 4 is 16.9 Å². The summed E-state index contributed by atoms with van der Waals surface area (Å²) in [5.74, 6) is 1.12. The smallest absolute Gasteiger partial charge is 0.157 e.